The van der Waals surface area contributed by atoms with Crippen LogP contribution in [0, 0.1) is 12.8 Å². The molecule has 2 N–H and O–H groups in total. The first-order valence-electron chi connectivity index (χ1n) is 10.5. The Morgan fingerprint density at radius 2 is 1.86 bits per heavy atom. The van der Waals surface area contributed by atoms with Gasteiger partial charge in [-0.15, -0.1) is 0 Å². The van der Waals surface area contributed by atoms with Crippen LogP contribution in [0.2, 0.25) is 5.02 Å². The number of hydrogen-bond acceptors (Lipinski definition) is 5. The largest absolute Gasteiger partial charge is 0.487 e. The van der Waals surface area contributed by atoms with Crippen LogP contribution >= 0.6 is 11.6 Å². The zero-order valence-electron chi connectivity index (χ0n) is 18.9. The van der Waals surface area contributed by atoms with Gasteiger partial charge in [-0.3, -0.25) is 14.3 Å². The van der Waals surface area contributed by atoms with E-state index in [4.69, 9.17) is 16.3 Å². The molecule has 0 aliphatic carbocycles. The number of halogens is 3. The van der Waals surface area contributed by atoms with Gasteiger partial charge >= 0.3 is 17.3 Å². The topological polar surface area (TPSA) is 119 Å². The van der Waals surface area contributed by atoms with Crippen molar-refractivity contribution in [2.45, 2.75) is 33.4 Å². The van der Waals surface area contributed by atoms with Crippen LogP contribution in [0.3, 0.4) is 0 Å². The molecule has 3 aromatic rings. The summed E-state index contributed by atoms with van der Waals surface area (Å²) >= 11 is 5.94. The molecule has 1 aromatic heterocycles. The SMILES string of the molecule is Cc1cc(/N=c2\[nH]c(=O)n(C[C@H](C)C(=O)O)c(=O)n2Cc2ccc(Cl)cc2)ccc1OCC(F)F. The van der Waals surface area contributed by atoms with Gasteiger partial charge in [0.25, 0.3) is 6.43 Å². The normalized spacial score (nSPS) is 12.7. The number of aromatic nitrogens is 3. The lowest BCUT2D eigenvalue weighted by Crippen LogP contribution is -2.51. The number of carboxylic acids is 1. The molecule has 1 atom stereocenters. The molecule has 186 valence electrons. The van der Waals surface area contributed by atoms with Crippen molar-refractivity contribution in [1.82, 2.24) is 14.1 Å². The van der Waals surface area contributed by atoms with Crippen molar-refractivity contribution in [2.24, 2.45) is 10.9 Å². The van der Waals surface area contributed by atoms with Crippen molar-refractivity contribution >= 4 is 23.3 Å². The maximum absolute atomic E-state index is 13.2. The second-order valence-electron chi connectivity index (χ2n) is 7.86. The van der Waals surface area contributed by atoms with Crippen LogP contribution in [0.1, 0.15) is 18.1 Å². The quantitative estimate of drug-likeness (QED) is 0.460. The van der Waals surface area contributed by atoms with Gasteiger partial charge in [-0.2, -0.15) is 0 Å². The van der Waals surface area contributed by atoms with Gasteiger partial charge in [-0.25, -0.2) is 27.9 Å². The number of aromatic amines is 1. The Morgan fingerprint density at radius 3 is 2.46 bits per heavy atom. The van der Waals surface area contributed by atoms with Gasteiger partial charge in [0.05, 0.1) is 18.2 Å². The zero-order valence-corrected chi connectivity index (χ0v) is 19.6. The molecule has 0 spiro atoms. The second-order valence-corrected chi connectivity index (χ2v) is 8.30. The molecule has 0 aliphatic rings. The van der Waals surface area contributed by atoms with E-state index in [2.05, 4.69) is 9.98 Å². The summed E-state index contributed by atoms with van der Waals surface area (Å²) in [6, 6.07) is 11.2. The van der Waals surface area contributed by atoms with Crippen LogP contribution < -0.4 is 21.7 Å². The lowest BCUT2D eigenvalue weighted by molar-refractivity contribution is -0.141. The minimum atomic E-state index is -2.62. The summed E-state index contributed by atoms with van der Waals surface area (Å²) in [6.45, 7) is 1.96. The number of H-pyrrole nitrogens is 1. The van der Waals surface area contributed by atoms with E-state index in [-0.39, 0.29) is 24.5 Å². The summed E-state index contributed by atoms with van der Waals surface area (Å²) in [6.07, 6.45) is -2.62. The van der Waals surface area contributed by atoms with Gasteiger partial charge in [0.15, 0.2) is 0 Å². The van der Waals surface area contributed by atoms with Gasteiger partial charge in [-0.05, 0) is 48.4 Å². The molecule has 0 fully saturated rings. The monoisotopic (exact) mass is 508 g/mol. The smallest absolute Gasteiger partial charge is 0.335 e. The average Bonchev–Trinajstić information content (AvgIpc) is 2.79. The molecule has 12 heteroatoms. The van der Waals surface area contributed by atoms with Crippen LogP contribution in [-0.4, -0.2) is 38.2 Å². The Hall–Kier alpha value is -3.73. The summed E-state index contributed by atoms with van der Waals surface area (Å²) in [5, 5.41) is 9.71. The summed E-state index contributed by atoms with van der Waals surface area (Å²) in [5.41, 5.74) is -0.0860. The molecule has 3 rings (SSSR count). The number of benzene rings is 2. The van der Waals surface area contributed by atoms with Crippen molar-refractivity contribution in [3.05, 3.63) is 85.2 Å². The van der Waals surface area contributed by atoms with Crippen LogP contribution in [0.5, 0.6) is 5.75 Å². The molecule has 0 saturated carbocycles. The van der Waals surface area contributed by atoms with Gasteiger partial charge < -0.3 is 9.84 Å². The number of hydrogen-bond donors (Lipinski definition) is 2. The minimum Gasteiger partial charge on any atom is -0.487 e. The fourth-order valence-electron chi connectivity index (χ4n) is 3.21. The first-order chi connectivity index (χ1) is 16.5. The lowest BCUT2D eigenvalue weighted by Gasteiger charge is -2.13. The number of nitrogens with zero attached hydrogens (tertiary/aromatic N) is 3. The number of rotatable bonds is 9. The third-order valence-electron chi connectivity index (χ3n) is 5.07. The average molecular weight is 509 g/mol. The summed E-state index contributed by atoms with van der Waals surface area (Å²) in [7, 11) is 0. The first-order valence-corrected chi connectivity index (χ1v) is 10.9. The Labute approximate surface area is 202 Å². The van der Waals surface area contributed by atoms with Crippen LogP contribution in [-0.2, 0) is 17.9 Å². The van der Waals surface area contributed by atoms with Gasteiger partial charge in [0.1, 0.15) is 12.4 Å². The Bertz CT molecular complexity index is 1400. The number of alkyl halides is 2. The molecule has 0 bridgehead atoms. The highest BCUT2D eigenvalue weighted by Crippen LogP contribution is 2.23. The van der Waals surface area contributed by atoms with Crippen molar-refractivity contribution in [1.29, 1.82) is 0 Å². The number of carboxylic acid groups (broad SMARTS) is 1. The summed E-state index contributed by atoms with van der Waals surface area (Å²) in [4.78, 5) is 44.1. The molecular weight excluding hydrogens is 486 g/mol. The molecule has 35 heavy (non-hydrogen) atoms. The highest BCUT2D eigenvalue weighted by molar-refractivity contribution is 6.30. The lowest BCUT2D eigenvalue weighted by atomic mass is 10.2. The molecule has 0 amide bonds. The Balaban J connectivity index is 2.12. The van der Waals surface area contributed by atoms with Crippen LogP contribution in [0.15, 0.2) is 57.0 Å². The van der Waals surface area contributed by atoms with Gasteiger partial charge in [0, 0.05) is 11.6 Å². The molecule has 1 heterocycles. The van der Waals surface area contributed by atoms with E-state index in [9.17, 15) is 28.3 Å². The molecule has 9 nitrogen and oxygen atoms in total. The summed E-state index contributed by atoms with van der Waals surface area (Å²) in [5.74, 6) is -1.88. The third-order valence-corrected chi connectivity index (χ3v) is 5.32. The number of carbonyl (C=O) groups is 1. The molecule has 2 aromatic carbocycles. The predicted molar refractivity (Wildman–Crippen MR) is 125 cm³/mol. The highest BCUT2D eigenvalue weighted by atomic mass is 35.5. The molecule has 0 saturated heterocycles. The predicted octanol–water partition coefficient (Wildman–Crippen LogP) is 2.95. The van der Waals surface area contributed by atoms with E-state index in [1.807, 2.05) is 0 Å². The summed E-state index contributed by atoms with van der Waals surface area (Å²) < 4.78 is 32.0. The van der Waals surface area contributed by atoms with E-state index < -0.39 is 36.3 Å². The first kappa shape index (κ1) is 25.9. The third kappa shape index (κ3) is 6.66. The zero-order chi connectivity index (χ0) is 25.7. The van der Waals surface area contributed by atoms with Crippen molar-refractivity contribution < 1.29 is 23.4 Å². The fraction of sp³-hybridized carbons (Fsp3) is 0.304. The number of aryl methyl sites for hydroxylation is 1. The molecule has 0 aliphatic heterocycles. The van der Waals surface area contributed by atoms with Gasteiger partial charge in [-0.1, -0.05) is 30.7 Å². The number of nitrogens with one attached hydrogen (secondary N) is 1. The van der Waals surface area contributed by atoms with E-state index >= 15 is 0 Å². The Morgan fingerprint density at radius 1 is 1.17 bits per heavy atom. The number of ether oxygens (including phenoxy) is 1. The number of aliphatic carboxylic acids is 1. The van der Waals surface area contributed by atoms with E-state index in [1.165, 1.54) is 23.6 Å². The molecular formula is C23H23ClF2N4O5. The van der Waals surface area contributed by atoms with E-state index in [0.717, 1.165) is 4.57 Å². The second kappa shape index (κ2) is 11.1. The van der Waals surface area contributed by atoms with Crippen molar-refractivity contribution in [3.63, 3.8) is 0 Å². The minimum absolute atomic E-state index is 0.0155. The maximum Gasteiger partial charge on any atom is 0.335 e. The van der Waals surface area contributed by atoms with E-state index in [0.29, 0.717) is 21.8 Å². The molecule has 0 radical (unpaired) electrons. The maximum atomic E-state index is 13.2. The van der Waals surface area contributed by atoms with Crippen LogP contribution in [0.25, 0.3) is 0 Å². The van der Waals surface area contributed by atoms with Crippen LogP contribution in [0.4, 0.5) is 14.5 Å². The standard InChI is InChI=1S/C23H23ClF2N4O5/c1-13-9-17(7-8-18(13)35-12-19(25)26)27-21-28-22(33)30(10-14(2)20(31)32)23(34)29(21)11-15-3-5-16(24)6-4-15/h3-9,14,19H,10-12H2,1-2H3,(H,31,32)(H,27,28,33)/t14-/m0/s1. The fourth-order valence-corrected chi connectivity index (χ4v) is 3.34. The van der Waals surface area contributed by atoms with Crippen molar-refractivity contribution in [3.8, 4) is 5.75 Å². The van der Waals surface area contributed by atoms with Crippen molar-refractivity contribution in [2.75, 3.05) is 6.61 Å². The van der Waals surface area contributed by atoms with E-state index in [1.54, 1.807) is 37.3 Å². The Kier molecular flexibility index (Phi) is 8.23. The highest BCUT2D eigenvalue weighted by Gasteiger charge is 2.17. The van der Waals surface area contributed by atoms with Gasteiger partial charge in [0.2, 0.25) is 5.62 Å². The molecule has 0 unspecified atom stereocenters.